The van der Waals surface area contributed by atoms with E-state index in [1.165, 1.54) is 31.4 Å². The zero-order valence-electron chi connectivity index (χ0n) is 10.3. The molecule has 0 radical (unpaired) electrons. The van der Waals surface area contributed by atoms with Gasteiger partial charge in [0, 0.05) is 6.07 Å². The molecular weight excluding hydrogens is 270 g/mol. The van der Waals surface area contributed by atoms with Gasteiger partial charge in [-0.05, 0) is 24.5 Å². The van der Waals surface area contributed by atoms with Crippen molar-refractivity contribution >= 4 is 23.3 Å². The molecule has 1 aliphatic carbocycles. The third kappa shape index (κ3) is 3.44. The molecule has 1 saturated carbocycles. The van der Waals surface area contributed by atoms with Crippen molar-refractivity contribution in [2.24, 2.45) is 5.92 Å². The van der Waals surface area contributed by atoms with E-state index in [1.54, 1.807) is 0 Å². The quantitative estimate of drug-likeness (QED) is 0.470. The summed E-state index contributed by atoms with van der Waals surface area (Å²) in [6.07, 6.45) is 4.51. The number of benzene rings is 1. The van der Waals surface area contributed by atoms with Crippen LogP contribution in [0.1, 0.15) is 36.0 Å². The minimum Gasteiger partial charge on any atom is -0.462 e. The third-order valence-electron chi connectivity index (χ3n) is 3.36. The third-order valence-corrected chi connectivity index (χ3v) is 3.68. The maximum atomic E-state index is 11.7. The number of hydrogen-bond donors (Lipinski definition) is 0. The standard InChI is InChI=1S/C13H14ClNO4/c14-11-5-4-10(8-12(11)15(17)18)13(16)19-7-6-9-2-1-3-9/h4-5,8-9H,1-3,6-7H2. The summed E-state index contributed by atoms with van der Waals surface area (Å²) in [7, 11) is 0. The largest absolute Gasteiger partial charge is 0.462 e. The minimum atomic E-state index is -0.618. The average Bonchev–Trinajstić information content (AvgIpc) is 2.32. The molecule has 0 aromatic heterocycles. The molecule has 0 amide bonds. The first-order valence-electron chi connectivity index (χ1n) is 6.19. The first-order valence-corrected chi connectivity index (χ1v) is 6.57. The van der Waals surface area contributed by atoms with Gasteiger partial charge in [-0.1, -0.05) is 30.9 Å². The summed E-state index contributed by atoms with van der Waals surface area (Å²) in [6, 6.07) is 3.91. The summed E-state index contributed by atoms with van der Waals surface area (Å²) in [5.41, 5.74) is -0.125. The molecule has 0 spiro atoms. The molecule has 1 aliphatic rings. The number of nitrogens with zero attached hydrogens (tertiary/aromatic N) is 1. The molecule has 0 unspecified atom stereocenters. The summed E-state index contributed by atoms with van der Waals surface area (Å²) in [5, 5.41) is 10.7. The number of nitro benzene ring substituents is 1. The normalized spacial score (nSPS) is 14.8. The van der Waals surface area contributed by atoms with Gasteiger partial charge >= 0.3 is 5.97 Å². The number of esters is 1. The molecule has 1 fully saturated rings. The monoisotopic (exact) mass is 283 g/mol. The van der Waals surface area contributed by atoms with Crippen LogP contribution in [0, 0.1) is 16.0 Å². The van der Waals surface area contributed by atoms with Crippen molar-refractivity contribution in [2.45, 2.75) is 25.7 Å². The Labute approximate surface area is 115 Å². The molecule has 0 N–H and O–H groups in total. The molecular formula is C13H14ClNO4. The van der Waals surface area contributed by atoms with E-state index in [0.29, 0.717) is 12.5 Å². The van der Waals surface area contributed by atoms with Gasteiger partial charge < -0.3 is 4.74 Å². The van der Waals surface area contributed by atoms with E-state index in [1.807, 2.05) is 0 Å². The van der Waals surface area contributed by atoms with E-state index < -0.39 is 10.9 Å². The lowest BCUT2D eigenvalue weighted by molar-refractivity contribution is -0.384. The Kier molecular flexibility index (Phi) is 4.37. The molecule has 1 aromatic rings. The summed E-state index contributed by atoms with van der Waals surface area (Å²) >= 11 is 5.67. The summed E-state index contributed by atoms with van der Waals surface area (Å²) in [6.45, 7) is 0.361. The molecule has 19 heavy (non-hydrogen) atoms. The van der Waals surface area contributed by atoms with Crippen LogP contribution in [0.25, 0.3) is 0 Å². The molecule has 2 rings (SSSR count). The van der Waals surface area contributed by atoms with Crippen molar-refractivity contribution in [3.63, 3.8) is 0 Å². The SMILES string of the molecule is O=C(OCCC1CCC1)c1ccc(Cl)c([N+](=O)[O-])c1. The lowest BCUT2D eigenvalue weighted by Gasteiger charge is -2.24. The molecule has 102 valence electrons. The van der Waals surface area contributed by atoms with Crippen molar-refractivity contribution in [1.29, 1.82) is 0 Å². The highest BCUT2D eigenvalue weighted by Gasteiger charge is 2.19. The average molecular weight is 284 g/mol. The number of hydrogen-bond acceptors (Lipinski definition) is 4. The van der Waals surface area contributed by atoms with Crippen LogP contribution in [-0.4, -0.2) is 17.5 Å². The molecule has 5 nitrogen and oxygen atoms in total. The number of nitro groups is 1. The lowest BCUT2D eigenvalue weighted by atomic mass is 9.83. The van der Waals surface area contributed by atoms with Crippen LogP contribution < -0.4 is 0 Å². The molecule has 6 heteroatoms. The first kappa shape index (κ1) is 13.8. The number of ether oxygens (including phenoxy) is 1. The summed E-state index contributed by atoms with van der Waals surface area (Å²) < 4.78 is 5.10. The Morgan fingerprint density at radius 1 is 1.47 bits per heavy atom. The number of carbonyl (C=O) groups excluding carboxylic acids is 1. The van der Waals surface area contributed by atoms with Gasteiger partial charge in [0.05, 0.1) is 17.1 Å². The summed E-state index contributed by atoms with van der Waals surface area (Å²) in [4.78, 5) is 21.8. The molecule has 1 aromatic carbocycles. The topological polar surface area (TPSA) is 69.4 Å². The minimum absolute atomic E-state index is 0.0102. The Morgan fingerprint density at radius 2 is 2.21 bits per heavy atom. The van der Waals surface area contributed by atoms with Crippen molar-refractivity contribution in [2.75, 3.05) is 6.61 Å². The van der Waals surface area contributed by atoms with Crippen molar-refractivity contribution in [3.05, 3.63) is 38.9 Å². The number of rotatable bonds is 5. The van der Waals surface area contributed by atoms with Crippen LogP contribution in [0.2, 0.25) is 5.02 Å². The van der Waals surface area contributed by atoms with E-state index in [4.69, 9.17) is 16.3 Å². The van der Waals surface area contributed by atoms with Crippen LogP contribution in [-0.2, 0) is 4.74 Å². The molecule has 0 saturated heterocycles. The van der Waals surface area contributed by atoms with Gasteiger partial charge in [0.25, 0.3) is 5.69 Å². The lowest BCUT2D eigenvalue weighted by Crippen LogP contribution is -2.15. The van der Waals surface area contributed by atoms with Crippen LogP contribution in [0.15, 0.2) is 18.2 Å². The van der Waals surface area contributed by atoms with Gasteiger partial charge in [0.1, 0.15) is 5.02 Å². The van der Waals surface area contributed by atoms with Gasteiger partial charge in [-0.3, -0.25) is 10.1 Å². The van der Waals surface area contributed by atoms with Crippen molar-refractivity contribution < 1.29 is 14.5 Å². The maximum Gasteiger partial charge on any atom is 0.338 e. The van der Waals surface area contributed by atoms with E-state index in [2.05, 4.69) is 0 Å². The van der Waals surface area contributed by atoms with E-state index in [0.717, 1.165) is 12.5 Å². The number of halogens is 1. The van der Waals surface area contributed by atoms with Crippen LogP contribution in [0.3, 0.4) is 0 Å². The Morgan fingerprint density at radius 3 is 2.79 bits per heavy atom. The van der Waals surface area contributed by atoms with Gasteiger partial charge in [0.2, 0.25) is 0 Å². The fourth-order valence-corrected chi connectivity index (χ4v) is 2.15. The van der Waals surface area contributed by atoms with E-state index in [9.17, 15) is 14.9 Å². The van der Waals surface area contributed by atoms with Crippen LogP contribution in [0.5, 0.6) is 0 Å². The Balaban J connectivity index is 1.94. The number of carbonyl (C=O) groups is 1. The smallest absolute Gasteiger partial charge is 0.338 e. The molecule has 0 bridgehead atoms. The fourth-order valence-electron chi connectivity index (χ4n) is 1.96. The zero-order chi connectivity index (χ0) is 13.8. The van der Waals surface area contributed by atoms with Crippen LogP contribution >= 0.6 is 11.6 Å². The van der Waals surface area contributed by atoms with Crippen LogP contribution in [0.4, 0.5) is 5.69 Å². The second kappa shape index (κ2) is 6.02. The first-order chi connectivity index (χ1) is 9.08. The highest BCUT2D eigenvalue weighted by Crippen LogP contribution is 2.29. The fraction of sp³-hybridized carbons (Fsp3) is 0.462. The maximum absolute atomic E-state index is 11.7. The molecule has 0 atom stereocenters. The van der Waals surface area contributed by atoms with Gasteiger partial charge in [0.15, 0.2) is 0 Å². The van der Waals surface area contributed by atoms with Gasteiger partial charge in [-0.25, -0.2) is 4.79 Å². The second-order valence-corrected chi connectivity index (χ2v) is 5.05. The summed E-state index contributed by atoms with van der Waals surface area (Å²) in [5.74, 6) is 0.117. The Hall–Kier alpha value is -1.62. The van der Waals surface area contributed by atoms with Gasteiger partial charge in [-0.15, -0.1) is 0 Å². The molecule has 0 heterocycles. The van der Waals surface area contributed by atoms with Gasteiger partial charge in [-0.2, -0.15) is 0 Å². The predicted octanol–water partition coefficient (Wildman–Crippen LogP) is 3.60. The van der Waals surface area contributed by atoms with E-state index >= 15 is 0 Å². The highest BCUT2D eigenvalue weighted by atomic mass is 35.5. The van der Waals surface area contributed by atoms with Crippen molar-refractivity contribution in [1.82, 2.24) is 0 Å². The van der Waals surface area contributed by atoms with E-state index in [-0.39, 0.29) is 16.3 Å². The Bertz CT molecular complexity index is 499. The second-order valence-electron chi connectivity index (χ2n) is 4.64. The molecule has 0 aliphatic heterocycles. The van der Waals surface area contributed by atoms with Crippen molar-refractivity contribution in [3.8, 4) is 0 Å². The highest BCUT2D eigenvalue weighted by molar-refractivity contribution is 6.32. The zero-order valence-corrected chi connectivity index (χ0v) is 11.1. The predicted molar refractivity (Wildman–Crippen MR) is 70.3 cm³/mol.